The van der Waals surface area contributed by atoms with Crippen molar-refractivity contribution in [2.75, 3.05) is 31.5 Å². The number of rotatable bonds is 2. The molecule has 118 valence electrons. The summed E-state index contributed by atoms with van der Waals surface area (Å²) < 4.78 is 0. The molecule has 0 atom stereocenters. The molecule has 1 aliphatic rings. The number of aryl methyl sites for hydroxylation is 2. The van der Waals surface area contributed by atoms with Crippen LogP contribution < -0.4 is 5.32 Å². The summed E-state index contributed by atoms with van der Waals surface area (Å²) >= 11 is 6.12. The first-order valence-electron chi connectivity index (χ1n) is 6.98. The number of hydrogen-bond donors (Lipinski definition) is 1. The number of carbonyl (C=O) groups is 3. The average molecular weight is 324 g/mol. The first-order chi connectivity index (χ1) is 10.4. The van der Waals surface area contributed by atoms with Crippen LogP contribution in [-0.2, 0) is 14.4 Å². The third kappa shape index (κ3) is 3.57. The van der Waals surface area contributed by atoms with Crippen LogP contribution in [0.4, 0.5) is 5.69 Å². The molecule has 0 bridgehead atoms. The minimum absolute atomic E-state index is 0.353. The van der Waals surface area contributed by atoms with Gasteiger partial charge in [0.1, 0.15) is 0 Å². The summed E-state index contributed by atoms with van der Waals surface area (Å²) in [5, 5.41) is 2.99. The van der Waals surface area contributed by atoms with Crippen molar-refractivity contribution in [1.29, 1.82) is 0 Å². The fourth-order valence-electron chi connectivity index (χ4n) is 2.42. The summed E-state index contributed by atoms with van der Waals surface area (Å²) in [6.07, 6.45) is 0.747. The first kappa shape index (κ1) is 16.3. The highest BCUT2D eigenvalue weighted by atomic mass is 35.5. The van der Waals surface area contributed by atoms with E-state index in [4.69, 9.17) is 11.6 Å². The standard InChI is InChI=1S/C15H18ClN3O3/c1-10-7-11(2)13(12(16)8-10)17-14(21)15(22)19-5-3-18(9-20)4-6-19/h7-9H,3-6H2,1-2H3,(H,17,21). The Kier molecular flexibility index (Phi) is 5.03. The highest BCUT2D eigenvalue weighted by Gasteiger charge is 2.26. The number of carbonyl (C=O) groups excluding carboxylic acids is 3. The predicted molar refractivity (Wildman–Crippen MR) is 83.8 cm³/mol. The summed E-state index contributed by atoms with van der Waals surface area (Å²) in [6.45, 7) is 5.31. The van der Waals surface area contributed by atoms with Gasteiger partial charge in [-0.3, -0.25) is 14.4 Å². The number of anilines is 1. The van der Waals surface area contributed by atoms with Crippen LogP contribution >= 0.6 is 11.6 Å². The van der Waals surface area contributed by atoms with Gasteiger partial charge in [0, 0.05) is 26.2 Å². The van der Waals surface area contributed by atoms with Crippen molar-refractivity contribution in [3.63, 3.8) is 0 Å². The van der Waals surface area contributed by atoms with E-state index in [1.165, 1.54) is 4.90 Å². The molecule has 0 aliphatic carbocycles. The zero-order valence-corrected chi connectivity index (χ0v) is 13.3. The topological polar surface area (TPSA) is 69.7 Å². The maximum Gasteiger partial charge on any atom is 0.313 e. The Morgan fingerprint density at radius 2 is 1.82 bits per heavy atom. The van der Waals surface area contributed by atoms with Crippen molar-refractivity contribution >= 4 is 35.5 Å². The van der Waals surface area contributed by atoms with E-state index >= 15 is 0 Å². The smallest absolute Gasteiger partial charge is 0.313 e. The van der Waals surface area contributed by atoms with Crippen LogP contribution in [0.1, 0.15) is 11.1 Å². The molecule has 0 unspecified atom stereocenters. The molecule has 0 saturated carbocycles. The van der Waals surface area contributed by atoms with Gasteiger partial charge in [-0.2, -0.15) is 0 Å². The summed E-state index contributed by atoms with van der Waals surface area (Å²) in [5.41, 5.74) is 2.24. The molecule has 1 aromatic carbocycles. The van der Waals surface area contributed by atoms with Crippen molar-refractivity contribution in [3.8, 4) is 0 Å². The van der Waals surface area contributed by atoms with E-state index in [-0.39, 0.29) is 0 Å². The van der Waals surface area contributed by atoms with Crippen molar-refractivity contribution in [2.24, 2.45) is 0 Å². The maximum absolute atomic E-state index is 12.2. The lowest BCUT2D eigenvalue weighted by atomic mass is 10.1. The fraction of sp³-hybridized carbons (Fsp3) is 0.400. The molecule has 6 nitrogen and oxygen atoms in total. The average Bonchev–Trinajstić information content (AvgIpc) is 2.50. The van der Waals surface area contributed by atoms with Gasteiger partial charge in [0.05, 0.1) is 10.7 Å². The quantitative estimate of drug-likeness (QED) is 0.656. The minimum Gasteiger partial charge on any atom is -0.342 e. The maximum atomic E-state index is 12.2. The highest BCUT2D eigenvalue weighted by molar-refractivity contribution is 6.41. The zero-order valence-electron chi connectivity index (χ0n) is 12.6. The number of halogens is 1. The Hall–Kier alpha value is -2.08. The lowest BCUT2D eigenvalue weighted by Crippen LogP contribution is -2.51. The molecule has 7 heteroatoms. The lowest BCUT2D eigenvalue weighted by molar-refractivity contribution is -0.144. The molecule has 3 amide bonds. The fourth-order valence-corrected chi connectivity index (χ4v) is 2.78. The molecule has 22 heavy (non-hydrogen) atoms. The van der Waals surface area contributed by atoms with Crippen LogP contribution in [0.5, 0.6) is 0 Å². The van der Waals surface area contributed by atoms with Crippen LogP contribution in [0.25, 0.3) is 0 Å². The van der Waals surface area contributed by atoms with Crippen molar-refractivity contribution in [3.05, 3.63) is 28.3 Å². The van der Waals surface area contributed by atoms with Gasteiger partial charge in [0.15, 0.2) is 0 Å². The molecule has 2 rings (SSSR count). The van der Waals surface area contributed by atoms with Crippen LogP contribution in [0.3, 0.4) is 0 Å². The number of hydrogen-bond acceptors (Lipinski definition) is 3. The Bertz CT molecular complexity index is 587. The largest absolute Gasteiger partial charge is 0.342 e. The predicted octanol–water partition coefficient (Wildman–Crippen LogP) is 1.20. The Morgan fingerprint density at radius 3 is 2.36 bits per heavy atom. The van der Waals surface area contributed by atoms with Crippen molar-refractivity contribution < 1.29 is 14.4 Å². The molecule has 1 heterocycles. The normalized spacial score (nSPS) is 14.7. The Balaban J connectivity index is 2.03. The minimum atomic E-state index is -0.714. The lowest BCUT2D eigenvalue weighted by Gasteiger charge is -2.32. The molecular formula is C15H18ClN3O3. The second-order valence-electron chi connectivity index (χ2n) is 5.33. The second kappa shape index (κ2) is 6.79. The number of amides is 3. The van der Waals surface area contributed by atoms with Gasteiger partial charge >= 0.3 is 11.8 Å². The number of nitrogens with zero attached hydrogens (tertiary/aromatic N) is 2. The summed E-state index contributed by atoms with van der Waals surface area (Å²) in [5.74, 6) is -1.32. The molecule has 0 radical (unpaired) electrons. The van der Waals surface area contributed by atoms with E-state index in [9.17, 15) is 14.4 Å². The number of piperazine rings is 1. The van der Waals surface area contributed by atoms with Gasteiger partial charge in [0.2, 0.25) is 6.41 Å². The monoisotopic (exact) mass is 323 g/mol. The van der Waals surface area contributed by atoms with Crippen LogP contribution in [0, 0.1) is 13.8 Å². The van der Waals surface area contributed by atoms with Gasteiger partial charge in [-0.1, -0.05) is 17.7 Å². The van der Waals surface area contributed by atoms with Crippen LogP contribution in [0.2, 0.25) is 5.02 Å². The molecule has 1 saturated heterocycles. The van der Waals surface area contributed by atoms with Gasteiger partial charge < -0.3 is 15.1 Å². The van der Waals surface area contributed by atoms with E-state index < -0.39 is 11.8 Å². The number of nitrogens with one attached hydrogen (secondary N) is 1. The molecule has 1 fully saturated rings. The highest BCUT2D eigenvalue weighted by Crippen LogP contribution is 2.27. The zero-order chi connectivity index (χ0) is 16.3. The van der Waals surface area contributed by atoms with Crippen molar-refractivity contribution in [2.45, 2.75) is 13.8 Å². The SMILES string of the molecule is Cc1cc(C)c(NC(=O)C(=O)N2CCN(C=O)CC2)c(Cl)c1. The van der Waals surface area contributed by atoms with Gasteiger partial charge in [-0.15, -0.1) is 0 Å². The molecule has 0 spiro atoms. The van der Waals surface area contributed by atoms with E-state index in [1.54, 1.807) is 11.0 Å². The van der Waals surface area contributed by atoms with E-state index in [2.05, 4.69) is 5.32 Å². The Labute approximate surface area is 134 Å². The van der Waals surface area contributed by atoms with E-state index in [0.29, 0.717) is 36.9 Å². The van der Waals surface area contributed by atoms with Gasteiger partial charge in [0.25, 0.3) is 0 Å². The summed E-state index contributed by atoms with van der Waals surface area (Å²) in [6, 6.07) is 3.62. The summed E-state index contributed by atoms with van der Waals surface area (Å²) in [4.78, 5) is 37.9. The van der Waals surface area contributed by atoms with Crippen LogP contribution in [-0.4, -0.2) is 54.2 Å². The molecule has 1 aromatic rings. The third-order valence-corrected chi connectivity index (χ3v) is 3.91. The van der Waals surface area contributed by atoms with Gasteiger partial charge in [-0.05, 0) is 31.0 Å². The molecule has 0 aromatic heterocycles. The first-order valence-corrected chi connectivity index (χ1v) is 7.36. The molecule has 1 N–H and O–H groups in total. The summed E-state index contributed by atoms with van der Waals surface area (Å²) in [7, 11) is 0. The van der Waals surface area contributed by atoms with E-state index in [1.807, 2.05) is 19.9 Å². The number of benzene rings is 1. The second-order valence-corrected chi connectivity index (χ2v) is 5.73. The van der Waals surface area contributed by atoms with Gasteiger partial charge in [-0.25, -0.2) is 0 Å². The third-order valence-electron chi connectivity index (χ3n) is 3.62. The molecule has 1 aliphatic heterocycles. The van der Waals surface area contributed by atoms with Crippen LogP contribution in [0.15, 0.2) is 12.1 Å². The molecular weight excluding hydrogens is 306 g/mol. The van der Waals surface area contributed by atoms with Crippen molar-refractivity contribution in [1.82, 2.24) is 9.80 Å². The van der Waals surface area contributed by atoms with E-state index in [0.717, 1.165) is 17.5 Å². The Morgan fingerprint density at radius 1 is 1.18 bits per heavy atom.